The molecule has 1 fully saturated rings. The van der Waals surface area contributed by atoms with Crippen LogP contribution in [-0.4, -0.2) is 74.4 Å². The summed E-state index contributed by atoms with van der Waals surface area (Å²) in [6.45, 7) is 8.62. The van der Waals surface area contributed by atoms with Gasteiger partial charge in [-0.25, -0.2) is 0 Å². The Kier molecular flexibility index (Phi) is 8.58. The predicted molar refractivity (Wildman–Crippen MR) is 103 cm³/mol. The maximum atomic E-state index is 12.1. The van der Waals surface area contributed by atoms with E-state index < -0.39 is 0 Å². The third-order valence-corrected chi connectivity index (χ3v) is 4.64. The Morgan fingerprint density at radius 1 is 1.08 bits per heavy atom. The van der Waals surface area contributed by atoms with Gasteiger partial charge in [-0.3, -0.25) is 9.59 Å². The van der Waals surface area contributed by atoms with E-state index in [2.05, 4.69) is 22.2 Å². The summed E-state index contributed by atoms with van der Waals surface area (Å²) >= 11 is 0. The Morgan fingerprint density at radius 3 is 2.42 bits per heavy atom. The van der Waals surface area contributed by atoms with Crippen LogP contribution in [0.25, 0.3) is 0 Å². The molecule has 144 valence electrons. The van der Waals surface area contributed by atoms with Crippen molar-refractivity contribution in [3.05, 3.63) is 29.8 Å². The fraction of sp³-hybridized carbons (Fsp3) is 0.600. The summed E-state index contributed by atoms with van der Waals surface area (Å²) in [5.74, 6) is 0.686. The number of amides is 1. The SMILES string of the molecule is CCOc1ccc(C(=O)CCC(=O)NCCCN2CCN(C)CC2)cc1. The molecule has 1 aromatic carbocycles. The minimum atomic E-state index is -0.0531. The van der Waals surface area contributed by atoms with E-state index in [0.29, 0.717) is 18.7 Å². The Hall–Kier alpha value is -1.92. The van der Waals surface area contributed by atoms with Crippen LogP contribution in [0.15, 0.2) is 24.3 Å². The monoisotopic (exact) mass is 361 g/mol. The van der Waals surface area contributed by atoms with Gasteiger partial charge in [0.15, 0.2) is 5.78 Å². The second-order valence-electron chi connectivity index (χ2n) is 6.73. The summed E-state index contributed by atoms with van der Waals surface area (Å²) in [7, 11) is 2.15. The number of nitrogens with one attached hydrogen (secondary N) is 1. The first kappa shape index (κ1) is 20.4. The van der Waals surface area contributed by atoms with Gasteiger partial charge in [-0.2, -0.15) is 0 Å². The summed E-state index contributed by atoms with van der Waals surface area (Å²) in [6, 6.07) is 7.08. The summed E-state index contributed by atoms with van der Waals surface area (Å²) in [5, 5.41) is 2.92. The van der Waals surface area contributed by atoms with Gasteiger partial charge < -0.3 is 19.9 Å². The largest absolute Gasteiger partial charge is 0.494 e. The molecule has 2 rings (SSSR count). The average Bonchev–Trinajstić information content (AvgIpc) is 2.65. The van der Waals surface area contributed by atoms with Crippen molar-refractivity contribution < 1.29 is 14.3 Å². The van der Waals surface area contributed by atoms with Crippen molar-refractivity contribution >= 4 is 11.7 Å². The van der Waals surface area contributed by atoms with Crippen molar-refractivity contribution in [2.45, 2.75) is 26.2 Å². The number of carbonyl (C=O) groups excluding carboxylic acids is 2. The number of carbonyl (C=O) groups is 2. The molecule has 0 unspecified atom stereocenters. The van der Waals surface area contributed by atoms with E-state index >= 15 is 0 Å². The number of piperazine rings is 1. The van der Waals surface area contributed by atoms with E-state index in [-0.39, 0.29) is 24.5 Å². The fourth-order valence-corrected chi connectivity index (χ4v) is 2.97. The van der Waals surface area contributed by atoms with Crippen LogP contribution >= 0.6 is 0 Å². The van der Waals surface area contributed by atoms with Crippen LogP contribution in [0.3, 0.4) is 0 Å². The van der Waals surface area contributed by atoms with Gasteiger partial charge in [0.25, 0.3) is 0 Å². The topological polar surface area (TPSA) is 61.9 Å². The maximum Gasteiger partial charge on any atom is 0.220 e. The van der Waals surface area contributed by atoms with Crippen LogP contribution in [-0.2, 0) is 4.79 Å². The van der Waals surface area contributed by atoms with Crippen LogP contribution in [0.2, 0.25) is 0 Å². The molecule has 1 heterocycles. The van der Waals surface area contributed by atoms with E-state index in [9.17, 15) is 9.59 Å². The normalized spacial score (nSPS) is 15.6. The van der Waals surface area contributed by atoms with Gasteiger partial charge in [0.2, 0.25) is 5.91 Å². The smallest absolute Gasteiger partial charge is 0.220 e. The Balaban J connectivity index is 1.58. The quantitative estimate of drug-likeness (QED) is 0.509. The first-order valence-corrected chi connectivity index (χ1v) is 9.52. The second-order valence-corrected chi connectivity index (χ2v) is 6.73. The van der Waals surface area contributed by atoms with Crippen molar-refractivity contribution in [1.82, 2.24) is 15.1 Å². The van der Waals surface area contributed by atoms with Crippen molar-refractivity contribution in [1.29, 1.82) is 0 Å². The Morgan fingerprint density at radius 2 is 1.77 bits per heavy atom. The van der Waals surface area contributed by atoms with E-state index in [4.69, 9.17) is 4.74 Å². The van der Waals surface area contributed by atoms with Gasteiger partial charge in [0.05, 0.1) is 6.61 Å². The van der Waals surface area contributed by atoms with Gasteiger partial charge in [0.1, 0.15) is 5.75 Å². The highest BCUT2D eigenvalue weighted by Crippen LogP contribution is 2.14. The molecular weight excluding hydrogens is 330 g/mol. The molecule has 6 heteroatoms. The van der Waals surface area contributed by atoms with Crippen LogP contribution < -0.4 is 10.1 Å². The molecule has 0 saturated carbocycles. The molecule has 1 aliphatic rings. The lowest BCUT2D eigenvalue weighted by Crippen LogP contribution is -2.45. The lowest BCUT2D eigenvalue weighted by Gasteiger charge is -2.32. The van der Waals surface area contributed by atoms with Crippen LogP contribution in [0.1, 0.15) is 36.5 Å². The third-order valence-electron chi connectivity index (χ3n) is 4.64. The van der Waals surface area contributed by atoms with Gasteiger partial charge in [-0.1, -0.05) is 0 Å². The molecule has 1 amide bonds. The van der Waals surface area contributed by atoms with E-state index in [1.165, 1.54) is 0 Å². The van der Waals surface area contributed by atoms with E-state index in [1.807, 2.05) is 6.92 Å². The first-order valence-electron chi connectivity index (χ1n) is 9.52. The molecule has 0 spiro atoms. The highest BCUT2D eigenvalue weighted by molar-refractivity contribution is 5.98. The maximum absolute atomic E-state index is 12.1. The highest BCUT2D eigenvalue weighted by Gasteiger charge is 2.13. The Labute approximate surface area is 156 Å². The molecular formula is C20H31N3O3. The highest BCUT2D eigenvalue weighted by atomic mass is 16.5. The lowest BCUT2D eigenvalue weighted by atomic mass is 10.1. The molecule has 0 radical (unpaired) electrons. The number of nitrogens with zero attached hydrogens (tertiary/aromatic N) is 2. The van der Waals surface area contributed by atoms with Crippen molar-refractivity contribution in [2.24, 2.45) is 0 Å². The zero-order valence-corrected chi connectivity index (χ0v) is 16.0. The standard InChI is InChI=1S/C20H31N3O3/c1-3-26-18-7-5-17(6-8-18)19(24)9-10-20(25)21-11-4-12-23-15-13-22(2)14-16-23/h5-8H,3-4,9-16H2,1-2H3,(H,21,25). The van der Waals surface area contributed by atoms with Crippen molar-refractivity contribution in [3.63, 3.8) is 0 Å². The zero-order valence-electron chi connectivity index (χ0n) is 16.0. The number of ketones is 1. The van der Waals surface area contributed by atoms with Gasteiger partial charge in [-0.15, -0.1) is 0 Å². The molecule has 6 nitrogen and oxygen atoms in total. The number of hydrogen-bond donors (Lipinski definition) is 1. The number of Topliss-reactive ketones (excluding diaryl/α,β-unsaturated/α-hetero) is 1. The molecule has 0 aliphatic carbocycles. The van der Waals surface area contributed by atoms with Crippen molar-refractivity contribution in [3.8, 4) is 5.75 Å². The second kappa shape index (κ2) is 10.9. The van der Waals surface area contributed by atoms with Crippen LogP contribution in [0, 0.1) is 0 Å². The number of rotatable bonds is 10. The molecule has 26 heavy (non-hydrogen) atoms. The summed E-state index contributed by atoms with van der Waals surface area (Å²) in [6.07, 6.45) is 1.42. The van der Waals surface area contributed by atoms with Crippen molar-refractivity contribution in [2.75, 3.05) is 52.9 Å². The number of hydrogen-bond acceptors (Lipinski definition) is 5. The first-order chi connectivity index (χ1) is 12.6. The summed E-state index contributed by atoms with van der Waals surface area (Å²) in [5.41, 5.74) is 0.622. The zero-order chi connectivity index (χ0) is 18.8. The van der Waals surface area contributed by atoms with Gasteiger partial charge in [-0.05, 0) is 51.2 Å². The Bertz CT molecular complexity index is 566. The minimum absolute atomic E-state index is 0.0133. The average molecular weight is 361 g/mol. The molecule has 0 atom stereocenters. The van der Waals surface area contributed by atoms with Crippen LogP contribution in [0.4, 0.5) is 0 Å². The number of likely N-dealkylation sites (N-methyl/N-ethyl adjacent to an activating group) is 1. The number of ether oxygens (including phenoxy) is 1. The molecule has 1 saturated heterocycles. The van der Waals surface area contributed by atoms with E-state index in [0.717, 1.165) is 44.9 Å². The van der Waals surface area contributed by atoms with Gasteiger partial charge >= 0.3 is 0 Å². The lowest BCUT2D eigenvalue weighted by molar-refractivity contribution is -0.121. The third kappa shape index (κ3) is 7.14. The molecule has 0 bridgehead atoms. The predicted octanol–water partition coefficient (Wildman–Crippen LogP) is 1.80. The minimum Gasteiger partial charge on any atom is -0.494 e. The molecule has 1 N–H and O–H groups in total. The molecule has 1 aliphatic heterocycles. The van der Waals surface area contributed by atoms with E-state index in [1.54, 1.807) is 24.3 Å². The summed E-state index contributed by atoms with van der Waals surface area (Å²) < 4.78 is 5.36. The van der Waals surface area contributed by atoms with Crippen LogP contribution in [0.5, 0.6) is 5.75 Å². The fourth-order valence-electron chi connectivity index (χ4n) is 2.97. The summed E-state index contributed by atoms with van der Waals surface area (Å²) in [4.78, 5) is 28.8. The number of benzene rings is 1. The van der Waals surface area contributed by atoms with Gasteiger partial charge in [0, 0.05) is 51.1 Å². The molecule has 1 aromatic rings. The molecule has 0 aromatic heterocycles.